The van der Waals surface area contributed by atoms with E-state index in [4.69, 9.17) is 9.47 Å². The van der Waals surface area contributed by atoms with Crippen molar-refractivity contribution in [2.75, 3.05) is 19.5 Å². The van der Waals surface area contributed by atoms with Gasteiger partial charge in [0, 0.05) is 5.69 Å². The fraction of sp³-hybridized carbons (Fsp3) is 0.235. The SMILES string of the molecule is COc1cccc(OC)c1C(=O)Nc1ccc(C)cc1C. The van der Waals surface area contributed by atoms with Crippen LogP contribution in [-0.2, 0) is 0 Å². The first-order chi connectivity index (χ1) is 10.1. The van der Waals surface area contributed by atoms with Crippen LogP contribution in [0.1, 0.15) is 21.5 Å². The summed E-state index contributed by atoms with van der Waals surface area (Å²) in [6, 6.07) is 11.1. The van der Waals surface area contributed by atoms with Crippen molar-refractivity contribution in [2.45, 2.75) is 13.8 Å². The molecule has 0 aliphatic rings. The molecule has 2 aromatic rings. The van der Waals surface area contributed by atoms with Crippen molar-refractivity contribution in [3.63, 3.8) is 0 Å². The molecule has 4 heteroatoms. The third kappa shape index (κ3) is 3.16. The summed E-state index contributed by atoms with van der Waals surface area (Å²) < 4.78 is 10.5. The highest BCUT2D eigenvalue weighted by atomic mass is 16.5. The lowest BCUT2D eigenvalue weighted by Crippen LogP contribution is -2.15. The van der Waals surface area contributed by atoms with E-state index >= 15 is 0 Å². The van der Waals surface area contributed by atoms with Crippen LogP contribution in [0.3, 0.4) is 0 Å². The smallest absolute Gasteiger partial charge is 0.263 e. The first-order valence-electron chi connectivity index (χ1n) is 6.66. The van der Waals surface area contributed by atoms with Crippen LogP contribution in [0, 0.1) is 13.8 Å². The largest absolute Gasteiger partial charge is 0.496 e. The number of aryl methyl sites for hydroxylation is 2. The molecule has 0 atom stereocenters. The summed E-state index contributed by atoms with van der Waals surface area (Å²) in [4.78, 5) is 12.5. The summed E-state index contributed by atoms with van der Waals surface area (Å²) in [6.07, 6.45) is 0. The number of amides is 1. The van der Waals surface area contributed by atoms with Crippen LogP contribution < -0.4 is 14.8 Å². The van der Waals surface area contributed by atoms with Gasteiger partial charge in [0.25, 0.3) is 5.91 Å². The molecule has 0 radical (unpaired) electrons. The van der Waals surface area contributed by atoms with E-state index in [9.17, 15) is 4.79 Å². The number of methoxy groups -OCH3 is 2. The second kappa shape index (κ2) is 6.31. The lowest BCUT2D eigenvalue weighted by Gasteiger charge is -2.14. The van der Waals surface area contributed by atoms with E-state index in [2.05, 4.69) is 5.32 Å². The van der Waals surface area contributed by atoms with Crippen molar-refractivity contribution >= 4 is 11.6 Å². The van der Waals surface area contributed by atoms with Gasteiger partial charge in [0.05, 0.1) is 14.2 Å². The topological polar surface area (TPSA) is 47.6 Å². The average Bonchev–Trinajstić information content (AvgIpc) is 2.49. The zero-order valence-electron chi connectivity index (χ0n) is 12.7. The molecule has 1 N–H and O–H groups in total. The molecule has 110 valence electrons. The van der Waals surface area contributed by atoms with Gasteiger partial charge in [0.15, 0.2) is 0 Å². The Labute approximate surface area is 124 Å². The molecule has 0 saturated heterocycles. The first kappa shape index (κ1) is 14.9. The van der Waals surface area contributed by atoms with Gasteiger partial charge >= 0.3 is 0 Å². The van der Waals surface area contributed by atoms with E-state index in [1.165, 1.54) is 14.2 Å². The Balaban J connectivity index is 2.36. The van der Waals surface area contributed by atoms with E-state index in [-0.39, 0.29) is 5.91 Å². The number of anilines is 1. The van der Waals surface area contributed by atoms with Crippen molar-refractivity contribution in [1.29, 1.82) is 0 Å². The van der Waals surface area contributed by atoms with Crippen LogP contribution >= 0.6 is 0 Å². The molecule has 2 rings (SSSR count). The van der Waals surface area contributed by atoms with Gasteiger partial charge in [-0.15, -0.1) is 0 Å². The fourth-order valence-electron chi connectivity index (χ4n) is 2.21. The molecule has 0 aromatic heterocycles. The molecule has 0 aliphatic carbocycles. The highest BCUT2D eigenvalue weighted by Crippen LogP contribution is 2.29. The highest BCUT2D eigenvalue weighted by molar-refractivity contribution is 6.08. The van der Waals surface area contributed by atoms with Crippen LogP contribution in [0.25, 0.3) is 0 Å². The molecule has 0 spiro atoms. The van der Waals surface area contributed by atoms with Crippen molar-refractivity contribution in [3.8, 4) is 11.5 Å². The normalized spacial score (nSPS) is 10.1. The lowest BCUT2D eigenvalue weighted by molar-refractivity contribution is 0.102. The molecule has 4 nitrogen and oxygen atoms in total. The van der Waals surface area contributed by atoms with Gasteiger partial charge in [0.1, 0.15) is 17.1 Å². The minimum Gasteiger partial charge on any atom is -0.496 e. The molecule has 1 amide bonds. The maximum absolute atomic E-state index is 12.5. The third-order valence-corrected chi connectivity index (χ3v) is 3.28. The number of carbonyl (C=O) groups is 1. The number of hydrogen-bond donors (Lipinski definition) is 1. The van der Waals surface area contributed by atoms with Gasteiger partial charge in [-0.1, -0.05) is 23.8 Å². The summed E-state index contributed by atoms with van der Waals surface area (Å²) >= 11 is 0. The van der Waals surface area contributed by atoms with Gasteiger partial charge in [-0.2, -0.15) is 0 Å². The van der Waals surface area contributed by atoms with Crippen LogP contribution in [0.5, 0.6) is 11.5 Å². The minimum atomic E-state index is -0.253. The molecule has 0 aliphatic heterocycles. The van der Waals surface area contributed by atoms with E-state index in [0.717, 1.165) is 16.8 Å². The summed E-state index contributed by atoms with van der Waals surface area (Å²) in [5.41, 5.74) is 3.33. The Bertz CT molecular complexity index is 643. The molecule has 21 heavy (non-hydrogen) atoms. The summed E-state index contributed by atoms with van der Waals surface area (Å²) in [5, 5.41) is 2.90. The van der Waals surface area contributed by atoms with Crippen LogP contribution in [-0.4, -0.2) is 20.1 Å². The van der Waals surface area contributed by atoms with Crippen molar-refractivity contribution in [3.05, 3.63) is 53.1 Å². The molecular weight excluding hydrogens is 266 g/mol. The maximum Gasteiger partial charge on any atom is 0.263 e. The van der Waals surface area contributed by atoms with Gasteiger partial charge in [-0.3, -0.25) is 4.79 Å². The number of rotatable bonds is 4. The molecule has 0 fully saturated rings. The van der Waals surface area contributed by atoms with E-state index < -0.39 is 0 Å². The third-order valence-electron chi connectivity index (χ3n) is 3.28. The summed E-state index contributed by atoms with van der Waals surface area (Å²) in [6.45, 7) is 3.98. The van der Waals surface area contributed by atoms with Crippen molar-refractivity contribution in [1.82, 2.24) is 0 Å². The maximum atomic E-state index is 12.5. The standard InChI is InChI=1S/C17H19NO3/c1-11-8-9-13(12(2)10-11)18-17(19)16-14(20-3)6-5-7-15(16)21-4/h5-10H,1-4H3,(H,18,19). The number of hydrogen-bond acceptors (Lipinski definition) is 3. The van der Waals surface area contributed by atoms with Crippen LogP contribution in [0.2, 0.25) is 0 Å². The monoisotopic (exact) mass is 285 g/mol. The number of ether oxygens (including phenoxy) is 2. The molecule has 0 unspecified atom stereocenters. The highest BCUT2D eigenvalue weighted by Gasteiger charge is 2.18. The van der Waals surface area contributed by atoms with E-state index in [0.29, 0.717) is 17.1 Å². The number of benzene rings is 2. The Morgan fingerprint density at radius 2 is 1.62 bits per heavy atom. The van der Waals surface area contributed by atoms with Gasteiger partial charge in [-0.05, 0) is 37.6 Å². The lowest BCUT2D eigenvalue weighted by atomic mass is 10.1. The Morgan fingerprint density at radius 1 is 1.00 bits per heavy atom. The molecule has 0 saturated carbocycles. The second-order valence-corrected chi connectivity index (χ2v) is 4.81. The second-order valence-electron chi connectivity index (χ2n) is 4.81. The van der Waals surface area contributed by atoms with Gasteiger partial charge in [0.2, 0.25) is 0 Å². The molecule has 0 bridgehead atoms. The number of nitrogens with one attached hydrogen (secondary N) is 1. The Morgan fingerprint density at radius 3 is 2.14 bits per heavy atom. The summed E-state index contributed by atoms with van der Waals surface area (Å²) in [5.74, 6) is 0.712. The van der Waals surface area contributed by atoms with Gasteiger partial charge < -0.3 is 14.8 Å². The van der Waals surface area contributed by atoms with E-state index in [1.54, 1.807) is 18.2 Å². The summed E-state index contributed by atoms with van der Waals surface area (Å²) in [7, 11) is 3.06. The average molecular weight is 285 g/mol. The Hall–Kier alpha value is -2.49. The fourth-order valence-corrected chi connectivity index (χ4v) is 2.21. The molecular formula is C17H19NO3. The predicted molar refractivity (Wildman–Crippen MR) is 83.4 cm³/mol. The quantitative estimate of drug-likeness (QED) is 0.934. The van der Waals surface area contributed by atoms with E-state index in [1.807, 2.05) is 32.0 Å². The van der Waals surface area contributed by atoms with Gasteiger partial charge in [-0.25, -0.2) is 0 Å². The minimum absolute atomic E-state index is 0.253. The zero-order chi connectivity index (χ0) is 15.4. The van der Waals surface area contributed by atoms with Crippen LogP contribution in [0.4, 0.5) is 5.69 Å². The molecule has 2 aromatic carbocycles. The zero-order valence-corrected chi connectivity index (χ0v) is 12.7. The van der Waals surface area contributed by atoms with Crippen molar-refractivity contribution < 1.29 is 14.3 Å². The first-order valence-corrected chi connectivity index (χ1v) is 6.66. The molecule has 0 heterocycles. The number of carbonyl (C=O) groups excluding carboxylic acids is 1. The Kier molecular flexibility index (Phi) is 4.48. The predicted octanol–water partition coefficient (Wildman–Crippen LogP) is 3.57. The van der Waals surface area contributed by atoms with Crippen molar-refractivity contribution in [2.24, 2.45) is 0 Å². The van der Waals surface area contributed by atoms with Crippen LogP contribution in [0.15, 0.2) is 36.4 Å².